The first-order chi connectivity index (χ1) is 16.7. The van der Waals surface area contributed by atoms with E-state index in [0.717, 1.165) is 16.5 Å². The predicted molar refractivity (Wildman–Crippen MR) is 133 cm³/mol. The fourth-order valence-corrected chi connectivity index (χ4v) is 3.99. The predicted octanol–water partition coefficient (Wildman–Crippen LogP) is 5.04. The van der Waals surface area contributed by atoms with Gasteiger partial charge in [-0.3, -0.25) is 19.7 Å². The summed E-state index contributed by atoms with van der Waals surface area (Å²) in [6.07, 6.45) is 0.999. The van der Waals surface area contributed by atoms with Gasteiger partial charge in [-0.2, -0.15) is 0 Å². The summed E-state index contributed by atoms with van der Waals surface area (Å²) in [4.78, 5) is 47.0. The number of carboxylic acid groups (broad SMARTS) is 1. The van der Waals surface area contributed by atoms with Crippen molar-refractivity contribution in [1.29, 1.82) is 0 Å². The van der Waals surface area contributed by atoms with Gasteiger partial charge in [-0.15, -0.1) is 11.8 Å². The number of nitro benzene ring substituents is 1. The molecule has 0 saturated heterocycles. The lowest BCUT2D eigenvalue weighted by Crippen LogP contribution is -2.19. The molecular formula is C25H21N3O6S. The minimum absolute atomic E-state index is 0.0715. The summed E-state index contributed by atoms with van der Waals surface area (Å²) in [7, 11) is 0. The van der Waals surface area contributed by atoms with E-state index in [0.29, 0.717) is 11.4 Å². The lowest BCUT2D eigenvalue weighted by molar-refractivity contribution is -0.384. The van der Waals surface area contributed by atoms with Crippen LogP contribution in [0.3, 0.4) is 0 Å². The van der Waals surface area contributed by atoms with Crippen molar-refractivity contribution in [3.8, 4) is 0 Å². The summed E-state index contributed by atoms with van der Waals surface area (Å²) in [5.41, 5.74) is 1.52. The lowest BCUT2D eigenvalue weighted by atomic mass is 10.1. The molecule has 0 aliphatic rings. The van der Waals surface area contributed by atoms with Crippen molar-refractivity contribution in [2.45, 2.75) is 17.1 Å². The van der Waals surface area contributed by atoms with Crippen LogP contribution in [0.5, 0.6) is 0 Å². The molecule has 0 heterocycles. The molecule has 0 fully saturated rings. The van der Waals surface area contributed by atoms with Gasteiger partial charge in [0.1, 0.15) is 5.25 Å². The van der Waals surface area contributed by atoms with Gasteiger partial charge < -0.3 is 15.7 Å². The zero-order valence-electron chi connectivity index (χ0n) is 18.5. The molecule has 2 amide bonds. The first-order valence-electron chi connectivity index (χ1n) is 10.3. The van der Waals surface area contributed by atoms with Crippen molar-refractivity contribution in [1.82, 2.24) is 0 Å². The van der Waals surface area contributed by atoms with Crippen molar-refractivity contribution in [2.24, 2.45) is 0 Å². The summed E-state index contributed by atoms with van der Waals surface area (Å²) in [5.74, 6) is -2.04. The second kappa shape index (κ2) is 11.6. The molecule has 0 spiro atoms. The largest absolute Gasteiger partial charge is 0.478 e. The number of rotatable bonds is 9. The molecule has 1 unspecified atom stereocenters. The van der Waals surface area contributed by atoms with E-state index in [9.17, 15) is 24.5 Å². The highest BCUT2D eigenvalue weighted by Gasteiger charge is 2.22. The number of non-ortho nitro benzene ring substituents is 1. The number of carbonyl (C=O) groups excluding carboxylic acids is 2. The number of carboxylic acids is 1. The monoisotopic (exact) mass is 491 g/mol. The van der Waals surface area contributed by atoms with Crippen LogP contribution in [0.1, 0.15) is 17.7 Å². The quantitative estimate of drug-likeness (QED) is 0.165. The van der Waals surface area contributed by atoms with E-state index in [1.165, 1.54) is 43.0 Å². The molecule has 0 aliphatic heterocycles. The van der Waals surface area contributed by atoms with E-state index in [1.807, 2.05) is 30.3 Å². The van der Waals surface area contributed by atoms with E-state index in [2.05, 4.69) is 10.6 Å². The smallest absolute Gasteiger partial charge is 0.331 e. The zero-order valence-corrected chi connectivity index (χ0v) is 19.3. The molecule has 0 aliphatic carbocycles. The Balaban J connectivity index is 1.74. The molecule has 10 heteroatoms. The maximum absolute atomic E-state index is 13.1. The van der Waals surface area contributed by atoms with Crippen LogP contribution in [0, 0.1) is 10.1 Å². The third kappa shape index (κ3) is 7.27. The maximum atomic E-state index is 13.1. The number of nitro groups is 1. The van der Waals surface area contributed by atoms with E-state index in [-0.39, 0.29) is 17.2 Å². The molecule has 0 aromatic heterocycles. The topological polar surface area (TPSA) is 139 Å². The number of thioether (sulfide) groups is 1. The van der Waals surface area contributed by atoms with Gasteiger partial charge in [0, 0.05) is 40.1 Å². The minimum Gasteiger partial charge on any atom is -0.478 e. The van der Waals surface area contributed by atoms with Crippen LogP contribution in [0.2, 0.25) is 0 Å². The molecule has 3 aromatic carbocycles. The minimum atomic E-state index is -1.18. The second-order valence-electron chi connectivity index (χ2n) is 7.35. The standard InChI is InChI=1S/C25H21N3O6S/c1-16(25(31)32)15-22(29)26-18-9-13-21(14-10-18)35-23(17-5-3-2-4-6-17)24(30)27-19-7-11-20(12-8-19)28(33)34/h2-15,23H,1H3,(H,26,29)(H,27,30)(H,31,32)/b16-15-. The van der Waals surface area contributed by atoms with Gasteiger partial charge in [0.25, 0.3) is 5.69 Å². The number of nitrogens with one attached hydrogen (secondary N) is 2. The molecule has 3 rings (SSSR count). The Morgan fingerprint density at radius 1 is 0.914 bits per heavy atom. The van der Waals surface area contributed by atoms with Crippen LogP contribution in [-0.4, -0.2) is 27.8 Å². The summed E-state index contributed by atoms with van der Waals surface area (Å²) in [6.45, 7) is 1.33. The first-order valence-corrected chi connectivity index (χ1v) is 11.2. The van der Waals surface area contributed by atoms with Crippen molar-refractivity contribution < 1.29 is 24.4 Å². The second-order valence-corrected chi connectivity index (χ2v) is 8.53. The summed E-state index contributed by atoms with van der Waals surface area (Å²) in [6, 6.07) is 21.5. The highest BCUT2D eigenvalue weighted by molar-refractivity contribution is 8.00. The number of amides is 2. The van der Waals surface area contributed by atoms with Crippen LogP contribution in [0.15, 0.2) is 95.4 Å². The number of benzene rings is 3. The lowest BCUT2D eigenvalue weighted by Gasteiger charge is -2.17. The molecule has 35 heavy (non-hydrogen) atoms. The molecule has 1 atom stereocenters. The number of carbonyl (C=O) groups is 3. The average molecular weight is 492 g/mol. The Morgan fingerprint density at radius 3 is 2.06 bits per heavy atom. The van der Waals surface area contributed by atoms with Crippen molar-refractivity contribution in [2.75, 3.05) is 10.6 Å². The third-order valence-electron chi connectivity index (χ3n) is 4.75. The molecule has 0 radical (unpaired) electrons. The molecule has 0 bridgehead atoms. The Hall–Kier alpha value is -4.44. The van der Waals surface area contributed by atoms with E-state index in [1.54, 1.807) is 24.3 Å². The normalized spacial score (nSPS) is 11.9. The van der Waals surface area contributed by atoms with Gasteiger partial charge in [0.2, 0.25) is 11.8 Å². The van der Waals surface area contributed by atoms with E-state index >= 15 is 0 Å². The van der Waals surface area contributed by atoms with Crippen LogP contribution < -0.4 is 10.6 Å². The van der Waals surface area contributed by atoms with E-state index < -0.39 is 22.0 Å². The molecular weight excluding hydrogens is 470 g/mol. The number of hydrogen-bond donors (Lipinski definition) is 3. The van der Waals surface area contributed by atoms with Crippen LogP contribution in [0.25, 0.3) is 0 Å². The SMILES string of the molecule is C/C(=C/C(=O)Nc1ccc(SC(C(=O)Nc2ccc([N+](=O)[O-])cc2)c2ccccc2)cc1)C(=O)O. The number of hydrogen-bond acceptors (Lipinski definition) is 6. The molecule has 178 valence electrons. The van der Waals surface area contributed by atoms with Gasteiger partial charge in [0.15, 0.2) is 0 Å². The number of nitrogens with zero attached hydrogens (tertiary/aromatic N) is 1. The third-order valence-corrected chi connectivity index (χ3v) is 6.01. The summed E-state index contributed by atoms with van der Waals surface area (Å²) in [5, 5.41) is 24.5. The van der Waals surface area contributed by atoms with Crippen molar-refractivity contribution in [3.63, 3.8) is 0 Å². The Morgan fingerprint density at radius 2 is 1.49 bits per heavy atom. The molecule has 3 N–H and O–H groups in total. The van der Waals surface area contributed by atoms with Crippen LogP contribution in [0.4, 0.5) is 17.1 Å². The molecule has 0 saturated carbocycles. The highest BCUT2D eigenvalue weighted by Crippen LogP contribution is 2.36. The number of anilines is 2. The van der Waals surface area contributed by atoms with Gasteiger partial charge in [-0.1, -0.05) is 30.3 Å². The van der Waals surface area contributed by atoms with Crippen LogP contribution in [-0.2, 0) is 14.4 Å². The fourth-order valence-electron chi connectivity index (χ4n) is 2.96. The highest BCUT2D eigenvalue weighted by atomic mass is 32.2. The first kappa shape index (κ1) is 25.2. The Bertz CT molecular complexity index is 1260. The Labute approximate surface area is 205 Å². The average Bonchev–Trinajstić information content (AvgIpc) is 2.84. The van der Waals surface area contributed by atoms with Crippen molar-refractivity contribution >= 4 is 46.6 Å². The maximum Gasteiger partial charge on any atom is 0.331 e. The molecule has 3 aromatic rings. The fraction of sp³-hybridized carbons (Fsp3) is 0.0800. The zero-order chi connectivity index (χ0) is 25.4. The summed E-state index contributed by atoms with van der Waals surface area (Å²) >= 11 is 1.30. The van der Waals surface area contributed by atoms with Crippen molar-refractivity contribution in [3.05, 3.63) is 106 Å². The van der Waals surface area contributed by atoms with Crippen LogP contribution >= 0.6 is 11.8 Å². The Kier molecular flexibility index (Phi) is 8.36. The number of aliphatic carboxylic acids is 1. The van der Waals surface area contributed by atoms with Gasteiger partial charge in [-0.25, -0.2) is 4.79 Å². The summed E-state index contributed by atoms with van der Waals surface area (Å²) < 4.78 is 0. The molecule has 9 nitrogen and oxygen atoms in total. The van der Waals surface area contributed by atoms with Gasteiger partial charge >= 0.3 is 5.97 Å². The van der Waals surface area contributed by atoms with Gasteiger partial charge in [0.05, 0.1) is 4.92 Å². The van der Waals surface area contributed by atoms with E-state index in [4.69, 9.17) is 5.11 Å². The van der Waals surface area contributed by atoms with Gasteiger partial charge in [-0.05, 0) is 48.9 Å².